The Morgan fingerprint density at radius 2 is 2.06 bits per heavy atom. The number of carbonyl (C=O) groups excluding carboxylic acids is 1. The van der Waals surface area contributed by atoms with Gasteiger partial charge in [0.2, 0.25) is 0 Å². The first-order valence-electron chi connectivity index (χ1n) is 4.68. The molecule has 1 aromatic rings. The molecule has 0 fully saturated rings. The summed E-state index contributed by atoms with van der Waals surface area (Å²) in [5.41, 5.74) is 0.602. The molecule has 0 atom stereocenters. The number of thiazole rings is 1. The van der Waals surface area contributed by atoms with Crippen LogP contribution in [0.4, 0.5) is 22.7 Å². The van der Waals surface area contributed by atoms with Crippen LogP contribution in [0, 0.1) is 0 Å². The molecule has 0 aliphatic carbocycles. The van der Waals surface area contributed by atoms with Crippen LogP contribution in [0.25, 0.3) is 0 Å². The third-order valence-corrected chi connectivity index (χ3v) is 2.69. The molecule has 1 rings (SSSR count). The molecule has 0 radical (unpaired) electrons. The molecule has 0 aromatic carbocycles. The fraction of sp³-hybridized carbons (Fsp3) is 0.556. The number of amides is 1. The molecule has 0 unspecified atom stereocenters. The van der Waals surface area contributed by atoms with Crippen LogP contribution in [0.15, 0.2) is 5.38 Å². The highest BCUT2D eigenvalue weighted by molar-refractivity contribution is 7.13. The minimum atomic E-state index is -4.70. The molecule has 0 aliphatic rings. The zero-order chi connectivity index (χ0) is 13.2. The first-order chi connectivity index (χ1) is 7.75. The van der Waals surface area contributed by atoms with Gasteiger partial charge in [-0.15, -0.1) is 11.3 Å². The van der Waals surface area contributed by atoms with Crippen molar-refractivity contribution in [2.24, 2.45) is 0 Å². The molecule has 0 aliphatic heterocycles. The van der Waals surface area contributed by atoms with Crippen molar-refractivity contribution in [3.8, 4) is 0 Å². The molecule has 0 spiro atoms. The first-order valence-corrected chi connectivity index (χ1v) is 5.56. The van der Waals surface area contributed by atoms with Crippen molar-refractivity contribution in [3.05, 3.63) is 11.1 Å². The van der Waals surface area contributed by atoms with E-state index < -0.39 is 18.3 Å². The number of anilines is 1. The molecule has 0 saturated heterocycles. The van der Waals surface area contributed by atoms with Crippen molar-refractivity contribution < 1.29 is 22.4 Å². The molecular formula is C9H10F4N2OS. The Morgan fingerprint density at radius 1 is 1.47 bits per heavy atom. The van der Waals surface area contributed by atoms with Crippen molar-refractivity contribution in [1.82, 2.24) is 4.98 Å². The lowest BCUT2D eigenvalue weighted by atomic mass is 10.2. The van der Waals surface area contributed by atoms with Gasteiger partial charge >= 0.3 is 18.3 Å². The maximum absolute atomic E-state index is 12.6. The van der Waals surface area contributed by atoms with Crippen LogP contribution in [0.3, 0.4) is 0 Å². The van der Waals surface area contributed by atoms with E-state index in [0.717, 1.165) is 11.3 Å². The molecule has 17 heavy (non-hydrogen) atoms. The van der Waals surface area contributed by atoms with Gasteiger partial charge in [0.15, 0.2) is 5.13 Å². The van der Waals surface area contributed by atoms with Gasteiger partial charge in [0.25, 0.3) is 0 Å². The molecule has 0 bridgehead atoms. The standard InChI is InChI=1S/C9H10F4N2OS/c1-4(2)5-3-17-8(14-5)15-7(16)9(12,13)6(10)11/h3-4,6H,1-2H3,(H,14,15,16). The summed E-state index contributed by atoms with van der Waals surface area (Å²) in [7, 11) is 0. The number of aromatic nitrogens is 1. The SMILES string of the molecule is CC(C)c1csc(NC(=O)C(F)(F)C(F)F)n1. The highest BCUT2D eigenvalue weighted by Gasteiger charge is 2.49. The molecule has 1 N–H and O–H groups in total. The molecule has 3 nitrogen and oxygen atoms in total. The van der Waals surface area contributed by atoms with E-state index in [1.165, 1.54) is 0 Å². The van der Waals surface area contributed by atoms with Crippen molar-refractivity contribution in [3.63, 3.8) is 0 Å². The zero-order valence-corrected chi connectivity index (χ0v) is 9.82. The Hall–Kier alpha value is -1.18. The van der Waals surface area contributed by atoms with Crippen LogP contribution in [0.1, 0.15) is 25.5 Å². The zero-order valence-electron chi connectivity index (χ0n) is 9.01. The number of nitrogens with zero attached hydrogens (tertiary/aromatic N) is 1. The summed E-state index contributed by atoms with van der Waals surface area (Å²) in [5.74, 6) is -6.69. The largest absolute Gasteiger partial charge is 0.383 e. The van der Waals surface area contributed by atoms with E-state index in [1.807, 2.05) is 13.8 Å². The summed E-state index contributed by atoms with van der Waals surface area (Å²) in [6.45, 7) is 3.66. The highest BCUT2D eigenvalue weighted by atomic mass is 32.1. The monoisotopic (exact) mass is 270 g/mol. The molecule has 96 valence electrons. The number of rotatable bonds is 4. The Labute approximate surface area is 98.9 Å². The number of carbonyl (C=O) groups is 1. The van der Waals surface area contributed by atoms with Gasteiger partial charge in [-0.3, -0.25) is 10.1 Å². The van der Waals surface area contributed by atoms with Crippen molar-refractivity contribution in [1.29, 1.82) is 0 Å². The van der Waals surface area contributed by atoms with Crippen LogP contribution in [-0.2, 0) is 4.79 Å². The fourth-order valence-electron chi connectivity index (χ4n) is 0.888. The van der Waals surface area contributed by atoms with Gasteiger partial charge in [0.05, 0.1) is 5.69 Å². The second kappa shape index (κ2) is 4.99. The summed E-state index contributed by atoms with van der Waals surface area (Å²) in [6, 6.07) is 0. The van der Waals surface area contributed by atoms with Crippen LogP contribution in [0.5, 0.6) is 0 Å². The summed E-state index contributed by atoms with van der Waals surface area (Å²) < 4.78 is 49.0. The maximum Gasteiger partial charge on any atom is 0.383 e. The molecule has 0 saturated carbocycles. The number of halogens is 4. The van der Waals surface area contributed by atoms with Crippen LogP contribution in [-0.4, -0.2) is 23.2 Å². The number of nitrogens with one attached hydrogen (secondary N) is 1. The van der Waals surface area contributed by atoms with E-state index in [9.17, 15) is 22.4 Å². The smallest absolute Gasteiger partial charge is 0.296 e. The second-order valence-electron chi connectivity index (χ2n) is 3.61. The van der Waals surface area contributed by atoms with Gasteiger partial charge in [0.1, 0.15) is 0 Å². The molecule has 1 aromatic heterocycles. The van der Waals surface area contributed by atoms with Gasteiger partial charge in [0, 0.05) is 5.38 Å². The van der Waals surface area contributed by atoms with Gasteiger partial charge in [-0.2, -0.15) is 8.78 Å². The lowest BCUT2D eigenvalue weighted by molar-refractivity contribution is -0.163. The Morgan fingerprint density at radius 3 is 2.47 bits per heavy atom. The van der Waals surface area contributed by atoms with Gasteiger partial charge in [-0.25, -0.2) is 13.8 Å². The van der Waals surface area contributed by atoms with Crippen molar-refractivity contribution >= 4 is 22.4 Å². The maximum atomic E-state index is 12.6. The number of alkyl halides is 4. The molecular weight excluding hydrogens is 260 g/mol. The van der Waals surface area contributed by atoms with Crippen molar-refractivity contribution in [2.45, 2.75) is 32.1 Å². The number of hydrogen-bond acceptors (Lipinski definition) is 3. The summed E-state index contributed by atoms with van der Waals surface area (Å²) in [5, 5.41) is 3.14. The minimum Gasteiger partial charge on any atom is -0.296 e. The van der Waals surface area contributed by atoms with Gasteiger partial charge in [-0.05, 0) is 5.92 Å². The van der Waals surface area contributed by atoms with Crippen LogP contribution in [0.2, 0.25) is 0 Å². The Kier molecular flexibility index (Phi) is 4.07. The topological polar surface area (TPSA) is 42.0 Å². The first kappa shape index (κ1) is 13.9. The van der Waals surface area contributed by atoms with E-state index in [0.29, 0.717) is 5.69 Å². The molecule has 1 amide bonds. The Balaban J connectivity index is 2.74. The fourth-order valence-corrected chi connectivity index (χ4v) is 1.76. The van der Waals surface area contributed by atoms with Crippen LogP contribution >= 0.6 is 11.3 Å². The van der Waals surface area contributed by atoms with E-state index in [-0.39, 0.29) is 11.0 Å². The highest BCUT2D eigenvalue weighted by Crippen LogP contribution is 2.27. The van der Waals surface area contributed by atoms with Crippen molar-refractivity contribution in [2.75, 3.05) is 5.32 Å². The number of hydrogen-bond donors (Lipinski definition) is 1. The summed E-state index contributed by atoms with van der Waals surface area (Å²) >= 11 is 0.913. The average Bonchev–Trinajstić information content (AvgIpc) is 2.65. The quantitative estimate of drug-likeness (QED) is 0.854. The predicted octanol–water partition coefficient (Wildman–Crippen LogP) is 3.11. The minimum absolute atomic E-state index is 0.0625. The molecule has 1 heterocycles. The van der Waals surface area contributed by atoms with E-state index in [4.69, 9.17) is 0 Å². The lowest BCUT2D eigenvalue weighted by Gasteiger charge is -2.13. The average molecular weight is 270 g/mol. The predicted molar refractivity (Wildman–Crippen MR) is 55.8 cm³/mol. The van der Waals surface area contributed by atoms with E-state index >= 15 is 0 Å². The second-order valence-corrected chi connectivity index (χ2v) is 4.47. The molecule has 8 heteroatoms. The third kappa shape index (κ3) is 3.15. The van der Waals surface area contributed by atoms with E-state index in [2.05, 4.69) is 4.98 Å². The van der Waals surface area contributed by atoms with Gasteiger partial charge < -0.3 is 0 Å². The summed E-state index contributed by atoms with van der Waals surface area (Å²) in [4.78, 5) is 14.7. The Bertz CT molecular complexity index is 405. The third-order valence-electron chi connectivity index (χ3n) is 1.91. The van der Waals surface area contributed by atoms with Crippen LogP contribution < -0.4 is 5.32 Å². The lowest BCUT2D eigenvalue weighted by Crippen LogP contribution is -2.40. The summed E-state index contributed by atoms with van der Waals surface area (Å²) in [6.07, 6.45) is -4.04. The van der Waals surface area contributed by atoms with Gasteiger partial charge in [-0.1, -0.05) is 13.8 Å². The normalized spacial score (nSPS) is 12.2. The van der Waals surface area contributed by atoms with E-state index in [1.54, 1.807) is 10.7 Å².